The van der Waals surface area contributed by atoms with Gasteiger partial charge in [-0.2, -0.15) is 0 Å². The number of carbonyl (C=O) groups is 2. The van der Waals surface area contributed by atoms with E-state index in [0.717, 1.165) is 32.2 Å². The Labute approximate surface area is 115 Å². The summed E-state index contributed by atoms with van der Waals surface area (Å²) in [4.78, 5) is 26.5. The third-order valence-corrected chi connectivity index (χ3v) is 4.47. The van der Waals surface area contributed by atoms with E-state index in [0.29, 0.717) is 5.92 Å². The molecule has 0 bridgehead atoms. The van der Waals surface area contributed by atoms with Crippen LogP contribution in [0.5, 0.6) is 0 Å². The third kappa shape index (κ3) is 3.10. The number of unbranched alkanes of at least 4 members (excludes halogenated alkanes) is 1. The Hall–Kier alpha value is -1.06. The maximum absolute atomic E-state index is 12.3. The number of amides is 2. The van der Waals surface area contributed by atoms with Crippen LogP contribution in [0.4, 0.5) is 0 Å². The molecule has 2 aliphatic rings. The largest absolute Gasteiger partial charge is 0.343 e. The van der Waals surface area contributed by atoms with Gasteiger partial charge in [0.25, 0.3) is 0 Å². The fourth-order valence-corrected chi connectivity index (χ4v) is 3.38. The first kappa shape index (κ1) is 14.4. The van der Waals surface area contributed by atoms with Crippen LogP contribution < -0.4 is 5.32 Å². The van der Waals surface area contributed by atoms with Crippen LogP contribution in [0.3, 0.4) is 0 Å². The lowest BCUT2D eigenvalue weighted by Crippen LogP contribution is -2.64. The van der Waals surface area contributed by atoms with E-state index in [1.54, 1.807) is 6.92 Å². The van der Waals surface area contributed by atoms with Crippen LogP contribution in [-0.4, -0.2) is 35.3 Å². The molecule has 19 heavy (non-hydrogen) atoms. The van der Waals surface area contributed by atoms with Gasteiger partial charge in [-0.3, -0.25) is 9.59 Å². The molecule has 1 aliphatic heterocycles. The van der Waals surface area contributed by atoms with E-state index in [1.165, 1.54) is 19.3 Å². The van der Waals surface area contributed by atoms with Crippen molar-refractivity contribution in [2.45, 2.75) is 70.9 Å². The highest BCUT2D eigenvalue weighted by atomic mass is 16.2. The fraction of sp³-hybridized carbons (Fsp3) is 0.867. The molecule has 108 valence electrons. The maximum Gasteiger partial charge on any atom is 0.245 e. The highest BCUT2D eigenvalue weighted by Crippen LogP contribution is 2.31. The normalized spacial score (nSPS) is 29.5. The van der Waals surface area contributed by atoms with Crippen molar-refractivity contribution in [2.24, 2.45) is 5.92 Å². The summed E-state index contributed by atoms with van der Waals surface area (Å²) < 4.78 is 0. The molecule has 4 nitrogen and oxygen atoms in total. The van der Waals surface area contributed by atoms with Crippen molar-refractivity contribution in [3.05, 3.63) is 0 Å². The lowest BCUT2D eigenvalue weighted by molar-refractivity contribution is -0.151. The van der Waals surface area contributed by atoms with E-state index in [-0.39, 0.29) is 23.9 Å². The molecule has 1 saturated carbocycles. The quantitative estimate of drug-likeness (QED) is 0.847. The van der Waals surface area contributed by atoms with Gasteiger partial charge >= 0.3 is 0 Å². The molecule has 1 aliphatic carbocycles. The van der Waals surface area contributed by atoms with E-state index in [1.807, 2.05) is 4.90 Å². The minimum atomic E-state index is -0.357. The number of hydrogen-bond acceptors (Lipinski definition) is 2. The maximum atomic E-state index is 12.3. The van der Waals surface area contributed by atoms with Crippen LogP contribution in [0.15, 0.2) is 0 Å². The Morgan fingerprint density at radius 1 is 1.21 bits per heavy atom. The van der Waals surface area contributed by atoms with Crippen LogP contribution >= 0.6 is 0 Å². The van der Waals surface area contributed by atoms with Crippen molar-refractivity contribution < 1.29 is 9.59 Å². The van der Waals surface area contributed by atoms with Gasteiger partial charge in [-0.25, -0.2) is 0 Å². The molecule has 1 N–H and O–H groups in total. The predicted molar refractivity (Wildman–Crippen MR) is 74.6 cm³/mol. The molecule has 0 radical (unpaired) electrons. The molecule has 1 heterocycles. The van der Waals surface area contributed by atoms with E-state index in [4.69, 9.17) is 0 Å². The number of rotatable bonds is 4. The molecule has 2 fully saturated rings. The SMILES string of the molecule is CCCCN1C(=O)C(C)NC(=O)C1C1CCCCC1. The smallest absolute Gasteiger partial charge is 0.245 e. The standard InChI is InChI=1S/C15H26N2O2/c1-3-4-10-17-13(12-8-6-5-7-9-12)14(18)16-11(2)15(17)19/h11-13H,3-10H2,1-2H3,(H,16,18). The van der Waals surface area contributed by atoms with E-state index in [9.17, 15) is 9.59 Å². The van der Waals surface area contributed by atoms with Crippen molar-refractivity contribution >= 4 is 11.8 Å². The van der Waals surface area contributed by atoms with Gasteiger partial charge in [0, 0.05) is 6.54 Å². The third-order valence-electron chi connectivity index (χ3n) is 4.47. The Morgan fingerprint density at radius 2 is 1.89 bits per heavy atom. The summed E-state index contributed by atoms with van der Waals surface area (Å²) in [6.45, 7) is 4.64. The van der Waals surface area contributed by atoms with Gasteiger partial charge in [-0.1, -0.05) is 32.6 Å². The van der Waals surface area contributed by atoms with Crippen LogP contribution in [0.2, 0.25) is 0 Å². The molecule has 2 rings (SSSR count). The molecule has 1 saturated heterocycles. The first-order chi connectivity index (χ1) is 9.15. The number of nitrogens with zero attached hydrogens (tertiary/aromatic N) is 1. The molecule has 0 aromatic heterocycles. The van der Waals surface area contributed by atoms with Gasteiger partial charge in [0.15, 0.2) is 0 Å². The Balaban J connectivity index is 2.14. The zero-order chi connectivity index (χ0) is 13.8. The van der Waals surface area contributed by atoms with E-state index >= 15 is 0 Å². The van der Waals surface area contributed by atoms with E-state index in [2.05, 4.69) is 12.2 Å². The number of nitrogens with one attached hydrogen (secondary N) is 1. The molecular formula is C15H26N2O2. The molecular weight excluding hydrogens is 240 g/mol. The summed E-state index contributed by atoms with van der Waals surface area (Å²) in [5.74, 6) is 0.529. The minimum Gasteiger partial charge on any atom is -0.343 e. The Kier molecular flexibility index (Phi) is 4.83. The summed E-state index contributed by atoms with van der Waals surface area (Å²) in [5.41, 5.74) is 0. The van der Waals surface area contributed by atoms with Crippen molar-refractivity contribution in [1.29, 1.82) is 0 Å². The molecule has 0 aromatic rings. The number of hydrogen-bond donors (Lipinski definition) is 1. The number of piperazine rings is 1. The molecule has 0 aromatic carbocycles. The molecule has 2 amide bonds. The van der Waals surface area contributed by atoms with Gasteiger partial charge in [0.1, 0.15) is 12.1 Å². The fourth-order valence-electron chi connectivity index (χ4n) is 3.38. The van der Waals surface area contributed by atoms with Gasteiger partial charge in [0.05, 0.1) is 0 Å². The second-order valence-electron chi connectivity index (χ2n) is 5.96. The monoisotopic (exact) mass is 266 g/mol. The average Bonchev–Trinajstić information content (AvgIpc) is 2.42. The molecule has 2 unspecified atom stereocenters. The second kappa shape index (κ2) is 6.40. The Morgan fingerprint density at radius 3 is 2.53 bits per heavy atom. The van der Waals surface area contributed by atoms with Gasteiger partial charge in [-0.15, -0.1) is 0 Å². The predicted octanol–water partition coefficient (Wildman–Crippen LogP) is 2.08. The second-order valence-corrected chi connectivity index (χ2v) is 5.96. The highest BCUT2D eigenvalue weighted by Gasteiger charge is 2.42. The van der Waals surface area contributed by atoms with Crippen LogP contribution in [-0.2, 0) is 9.59 Å². The first-order valence-corrected chi connectivity index (χ1v) is 7.76. The zero-order valence-corrected chi connectivity index (χ0v) is 12.2. The average molecular weight is 266 g/mol. The number of carbonyl (C=O) groups excluding carboxylic acids is 2. The molecule has 4 heteroatoms. The zero-order valence-electron chi connectivity index (χ0n) is 12.2. The van der Waals surface area contributed by atoms with Crippen LogP contribution in [0, 0.1) is 5.92 Å². The van der Waals surface area contributed by atoms with Crippen LogP contribution in [0.25, 0.3) is 0 Å². The Bertz CT molecular complexity index is 337. The lowest BCUT2D eigenvalue weighted by atomic mass is 9.81. The summed E-state index contributed by atoms with van der Waals surface area (Å²) in [5, 5.41) is 2.85. The van der Waals surface area contributed by atoms with Crippen LogP contribution in [0.1, 0.15) is 58.8 Å². The summed E-state index contributed by atoms with van der Waals surface area (Å²) >= 11 is 0. The molecule has 2 atom stereocenters. The van der Waals surface area contributed by atoms with E-state index < -0.39 is 0 Å². The van der Waals surface area contributed by atoms with Gasteiger partial charge in [-0.05, 0) is 32.1 Å². The summed E-state index contributed by atoms with van der Waals surface area (Å²) in [7, 11) is 0. The lowest BCUT2D eigenvalue weighted by Gasteiger charge is -2.42. The first-order valence-electron chi connectivity index (χ1n) is 7.76. The highest BCUT2D eigenvalue weighted by molar-refractivity contribution is 5.96. The van der Waals surface area contributed by atoms with Crippen molar-refractivity contribution in [3.8, 4) is 0 Å². The summed E-state index contributed by atoms with van der Waals surface area (Å²) in [6, 6.07) is -0.570. The molecule has 0 spiro atoms. The minimum absolute atomic E-state index is 0.0649. The summed E-state index contributed by atoms with van der Waals surface area (Å²) in [6.07, 6.45) is 7.86. The van der Waals surface area contributed by atoms with Crippen molar-refractivity contribution in [1.82, 2.24) is 10.2 Å². The van der Waals surface area contributed by atoms with Crippen molar-refractivity contribution in [2.75, 3.05) is 6.54 Å². The van der Waals surface area contributed by atoms with Crippen molar-refractivity contribution in [3.63, 3.8) is 0 Å². The van der Waals surface area contributed by atoms with Gasteiger partial charge < -0.3 is 10.2 Å². The topological polar surface area (TPSA) is 49.4 Å². The van der Waals surface area contributed by atoms with Gasteiger partial charge in [0.2, 0.25) is 11.8 Å².